The number of thioether (sulfide) groups is 1. The molecule has 1 aromatic carbocycles. The van der Waals surface area contributed by atoms with Crippen molar-refractivity contribution in [1.29, 1.82) is 0 Å². The second kappa shape index (κ2) is 8.57. The molecule has 2 fully saturated rings. The quantitative estimate of drug-likeness (QED) is 0.911. The molecule has 0 atom stereocenters. The van der Waals surface area contributed by atoms with E-state index in [9.17, 15) is 4.79 Å². The fourth-order valence-electron chi connectivity index (χ4n) is 2.84. The third kappa shape index (κ3) is 5.12. The van der Waals surface area contributed by atoms with Gasteiger partial charge in [0.2, 0.25) is 0 Å². The summed E-state index contributed by atoms with van der Waals surface area (Å²) in [5, 5.41) is 3.02. The monoisotopic (exact) mass is 335 g/mol. The Kier molecular flexibility index (Phi) is 6.19. The molecule has 0 aliphatic carbocycles. The van der Waals surface area contributed by atoms with Crippen LogP contribution < -0.4 is 5.32 Å². The summed E-state index contributed by atoms with van der Waals surface area (Å²) >= 11 is 1.91. The minimum Gasteiger partial charge on any atom is -0.379 e. The molecule has 2 heterocycles. The SMILES string of the molecule is O=C(NCc1ccc(CN2CCOCC2)cc1)N1CCSCC1. The molecule has 2 aliphatic rings. The van der Waals surface area contributed by atoms with Crippen LogP contribution in [0, 0.1) is 0 Å². The largest absolute Gasteiger partial charge is 0.379 e. The van der Waals surface area contributed by atoms with Crippen molar-refractivity contribution in [2.45, 2.75) is 13.1 Å². The van der Waals surface area contributed by atoms with Crippen LogP contribution >= 0.6 is 11.8 Å². The summed E-state index contributed by atoms with van der Waals surface area (Å²) in [5.41, 5.74) is 2.46. The molecule has 1 N–H and O–H groups in total. The molecule has 2 aliphatic heterocycles. The molecule has 0 saturated carbocycles. The number of hydrogen-bond donors (Lipinski definition) is 1. The lowest BCUT2D eigenvalue weighted by Crippen LogP contribution is -2.44. The zero-order valence-corrected chi connectivity index (χ0v) is 14.3. The number of benzene rings is 1. The Hall–Kier alpha value is -1.24. The fourth-order valence-corrected chi connectivity index (χ4v) is 3.74. The van der Waals surface area contributed by atoms with Crippen molar-refractivity contribution in [2.24, 2.45) is 0 Å². The summed E-state index contributed by atoms with van der Waals surface area (Å²) in [4.78, 5) is 16.4. The van der Waals surface area contributed by atoms with Gasteiger partial charge in [-0.2, -0.15) is 11.8 Å². The first-order valence-corrected chi connectivity index (χ1v) is 9.45. The van der Waals surface area contributed by atoms with Crippen molar-refractivity contribution in [3.05, 3.63) is 35.4 Å². The van der Waals surface area contributed by atoms with Gasteiger partial charge in [0.15, 0.2) is 0 Å². The van der Waals surface area contributed by atoms with E-state index in [1.54, 1.807) is 0 Å². The molecule has 2 amide bonds. The summed E-state index contributed by atoms with van der Waals surface area (Å²) in [5.74, 6) is 2.09. The van der Waals surface area contributed by atoms with Crippen molar-refractivity contribution >= 4 is 17.8 Å². The first kappa shape index (κ1) is 16.6. The van der Waals surface area contributed by atoms with Crippen LogP contribution in [-0.2, 0) is 17.8 Å². The summed E-state index contributed by atoms with van der Waals surface area (Å²) < 4.78 is 5.37. The van der Waals surface area contributed by atoms with Gasteiger partial charge >= 0.3 is 6.03 Å². The number of morpholine rings is 1. The number of amides is 2. The van der Waals surface area contributed by atoms with Crippen LogP contribution in [-0.4, -0.2) is 66.7 Å². The van der Waals surface area contributed by atoms with Crippen molar-refractivity contribution in [3.63, 3.8) is 0 Å². The second-order valence-corrected chi connectivity index (χ2v) is 7.19. The Morgan fingerprint density at radius 1 is 1.04 bits per heavy atom. The Bertz CT molecular complexity index is 497. The van der Waals surface area contributed by atoms with Gasteiger partial charge < -0.3 is 15.0 Å². The van der Waals surface area contributed by atoms with Crippen molar-refractivity contribution < 1.29 is 9.53 Å². The van der Waals surface area contributed by atoms with Gasteiger partial charge in [-0.05, 0) is 11.1 Å². The number of carbonyl (C=O) groups excluding carboxylic acids is 1. The van der Waals surface area contributed by atoms with Gasteiger partial charge in [-0.1, -0.05) is 24.3 Å². The number of nitrogens with zero attached hydrogens (tertiary/aromatic N) is 2. The van der Waals surface area contributed by atoms with Crippen LogP contribution in [0.15, 0.2) is 24.3 Å². The second-order valence-electron chi connectivity index (χ2n) is 5.96. The first-order valence-electron chi connectivity index (χ1n) is 8.30. The highest BCUT2D eigenvalue weighted by Gasteiger charge is 2.16. The van der Waals surface area contributed by atoms with Crippen LogP contribution in [0.25, 0.3) is 0 Å². The van der Waals surface area contributed by atoms with Crippen LogP contribution in [0.3, 0.4) is 0 Å². The van der Waals surface area contributed by atoms with E-state index < -0.39 is 0 Å². The number of ether oxygens (including phenoxy) is 1. The maximum absolute atomic E-state index is 12.1. The normalized spacial score (nSPS) is 19.6. The predicted molar refractivity (Wildman–Crippen MR) is 93.7 cm³/mol. The van der Waals surface area contributed by atoms with Crippen molar-refractivity contribution in [3.8, 4) is 0 Å². The third-order valence-electron chi connectivity index (χ3n) is 4.27. The van der Waals surface area contributed by atoms with E-state index in [1.165, 1.54) is 5.56 Å². The molecule has 6 heteroatoms. The molecule has 0 spiro atoms. The van der Waals surface area contributed by atoms with E-state index in [0.29, 0.717) is 6.54 Å². The van der Waals surface area contributed by atoms with E-state index in [0.717, 1.165) is 63.0 Å². The van der Waals surface area contributed by atoms with Gasteiger partial charge in [0.05, 0.1) is 13.2 Å². The standard InChI is InChI=1S/C17H25N3O2S/c21-17(20-7-11-23-12-8-20)18-13-15-1-3-16(4-2-15)14-19-5-9-22-10-6-19/h1-4H,5-14H2,(H,18,21). The number of rotatable bonds is 4. The van der Waals surface area contributed by atoms with Gasteiger partial charge in [-0.25, -0.2) is 4.79 Å². The van der Waals surface area contributed by atoms with Crippen molar-refractivity contribution in [2.75, 3.05) is 50.9 Å². The summed E-state index contributed by atoms with van der Waals surface area (Å²) in [6.07, 6.45) is 0. The molecule has 3 rings (SSSR count). The molecule has 5 nitrogen and oxygen atoms in total. The highest BCUT2D eigenvalue weighted by Crippen LogP contribution is 2.11. The summed E-state index contributed by atoms with van der Waals surface area (Å²) in [7, 11) is 0. The highest BCUT2D eigenvalue weighted by molar-refractivity contribution is 7.99. The van der Waals surface area contributed by atoms with Gasteiger partial charge in [0, 0.05) is 50.8 Å². The number of urea groups is 1. The molecular weight excluding hydrogens is 310 g/mol. The lowest BCUT2D eigenvalue weighted by molar-refractivity contribution is 0.0342. The predicted octanol–water partition coefficient (Wildman–Crippen LogP) is 1.78. The smallest absolute Gasteiger partial charge is 0.317 e. The van der Waals surface area contributed by atoms with Gasteiger partial charge in [0.25, 0.3) is 0 Å². The molecule has 0 radical (unpaired) electrons. The van der Waals surface area contributed by atoms with E-state index in [4.69, 9.17) is 4.74 Å². The molecule has 1 aromatic rings. The lowest BCUT2D eigenvalue weighted by atomic mass is 10.1. The van der Waals surface area contributed by atoms with Crippen LogP contribution in [0.1, 0.15) is 11.1 Å². The minimum atomic E-state index is 0.0580. The maximum atomic E-state index is 12.1. The molecule has 0 unspecified atom stereocenters. The summed E-state index contributed by atoms with van der Waals surface area (Å²) in [6.45, 7) is 6.96. The Balaban J connectivity index is 1.44. The zero-order chi connectivity index (χ0) is 15.9. The zero-order valence-electron chi connectivity index (χ0n) is 13.5. The van der Waals surface area contributed by atoms with E-state index in [2.05, 4.69) is 34.5 Å². The van der Waals surface area contributed by atoms with Gasteiger partial charge in [-0.3, -0.25) is 4.90 Å². The van der Waals surface area contributed by atoms with Gasteiger partial charge in [0.1, 0.15) is 0 Å². The van der Waals surface area contributed by atoms with E-state index >= 15 is 0 Å². The molecule has 126 valence electrons. The highest BCUT2D eigenvalue weighted by atomic mass is 32.2. The number of nitrogens with one attached hydrogen (secondary N) is 1. The molecule has 23 heavy (non-hydrogen) atoms. The topological polar surface area (TPSA) is 44.8 Å². The lowest BCUT2D eigenvalue weighted by Gasteiger charge is -2.27. The Morgan fingerprint density at radius 3 is 2.39 bits per heavy atom. The van der Waals surface area contributed by atoms with E-state index in [1.807, 2.05) is 16.7 Å². The van der Waals surface area contributed by atoms with E-state index in [-0.39, 0.29) is 6.03 Å². The number of carbonyl (C=O) groups is 1. The Labute approximate surface area is 142 Å². The van der Waals surface area contributed by atoms with Crippen LogP contribution in [0.2, 0.25) is 0 Å². The molecule has 0 bridgehead atoms. The van der Waals surface area contributed by atoms with Gasteiger partial charge in [-0.15, -0.1) is 0 Å². The van der Waals surface area contributed by atoms with Crippen LogP contribution in [0.5, 0.6) is 0 Å². The average Bonchev–Trinajstić information content (AvgIpc) is 2.62. The third-order valence-corrected chi connectivity index (χ3v) is 5.22. The summed E-state index contributed by atoms with van der Waals surface area (Å²) in [6, 6.07) is 8.61. The average molecular weight is 335 g/mol. The van der Waals surface area contributed by atoms with Crippen molar-refractivity contribution in [1.82, 2.24) is 15.1 Å². The first-order chi connectivity index (χ1) is 11.3. The minimum absolute atomic E-state index is 0.0580. The van der Waals surface area contributed by atoms with Crippen LogP contribution in [0.4, 0.5) is 4.79 Å². The fraction of sp³-hybridized carbons (Fsp3) is 0.588. The molecule has 2 saturated heterocycles. The number of hydrogen-bond acceptors (Lipinski definition) is 4. The molecular formula is C17H25N3O2S. The Morgan fingerprint density at radius 2 is 1.70 bits per heavy atom. The maximum Gasteiger partial charge on any atom is 0.317 e. The molecule has 0 aromatic heterocycles.